The smallest absolute Gasteiger partial charge is 0.338 e. The van der Waals surface area contributed by atoms with E-state index in [0.29, 0.717) is 17.5 Å². The van der Waals surface area contributed by atoms with Gasteiger partial charge < -0.3 is 4.74 Å². The van der Waals surface area contributed by atoms with E-state index in [4.69, 9.17) is 4.74 Å². The van der Waals surface area contributed by atoms with Crippen molar-refractivity contribution < 1.29 is 9.53 Å². The number of hydrogen-bond donors (Lipinski definition) is 0. The Morgan fingerprint density at radius 2 is 1.85 bits per heavy atom. The van der Waals surface area contributed by atoms with Gasteiger partial charge in [0.05, 0.1) is 17.2 Å². The Balaban J connectivity index is 2.07. The van der Waals surface area contributed by atoms with E-state index >= 15 is 0 Å². The van der Waals surface area contributed by atoms with Crippen LogP contribution in [0.5, 0.6) is 0 Å². The molecule has 0 heterocycles. The Morgan fingerprint density at radius 3 is 2.50 bits per heavy atom. The van der Waals surface area contributed by atoms with Crippen LogP contribution in [0.3, 0.4) is 0 Å². The van der Waals surface area contributed by atoms with Crippen molar-refractivity contribution in [2.45, 2.75) is 58.5 Å². The highest BCUT2D eigenvalue weighted by Crippen LogP contribution is 2.23. The van der Waals surface area contributed by atoms with Crippen molar-refractivity contribution in [2.24, 2.45) is 0 Å². The van der Waals surface area contributed by atoms with Gasteiger partial charge in [0, 0.05) is 0 Å². The van der Waals surface area contributed by atoms with Gasteiger partial charge in [0.25, 0.3) is 0 Å². The number of carbonyl (C=O) groups excluding carboxylic acids is 1. The highest BCUT2D eigenvalue weighted by Gasteiger charge is 2.17. The molecule has 3 heteroatoms. The number of esters is 1. The average molecular weight is 349 g/mol. The van der Waals surface area contributed by atoms with E-state index in [1.54, 1.807) is 12.1 Å². The molecule has 0 aliphatic carbocycles. The van der Waals surface area contributed by atoms with Gasteiger partial charge in [-0.2, -0.15) is 5.26 Å². The number of rotatable bonds is 9. The van der Waals surface area contributed by atoms with Gasteiger partial charge in [-0.1, -0.05) is 69.5 Å². The molecule has 0 aliphatic heterocycles. The lowest BCUT2D eigenvalue weighted by Crippen LogP contribution is -2.11. The fourth-order valence-electron chi connectivity index (χ4n) is 3.02. The van der Waals surface area contributed by atoms with E-state index in [1.165, 1.54) is 19.3 Å². The van der Waals surface area contributed by atoms with Crippen LogP contribution in [0.1, 0.15) is 79.1 Å². The molecule has 0 amide bonds. The van der Waals surface area contributed by atoms with Crippen LogP contribution < -0.4 is 0 Å². The lowest BCUT2D eigenvalue weighted by Gasteiger charge is -2.17. The average Bonchev–Trinajstić information content (AvgIpc) is 2.69. The molecule has 0 radical (unpaired) electrons. The maximum absolute atomic E-state index is 12.5. The van der Waals surface area contributed by atoms with Crippen LogP contribution in [-0.2, 0) is 11.2 Å². The number of hydrogen-bond acceptors (Lipinski definition) is 3. The van der Waals surface area contributed by atoms with Crippen molar-refractivity contribution >= 4 is 5.97 Å². The first-order chi connectivity index (χ1) is 12.7. The molecule has 1 unspecified atom stereocenters. The van der Waals surface area contributed by atoms with Crippen LogP contribution in [0, 0.1) is 11.3 Å². The minimum Gasteiger partial charge on any atom is -0.454 e. The second-order valence-electron chi connectivity index (χ2n) is 6.51. The minimum atomic E-state index is -0.380. The highest BCUT2D eigenvalue weighted by atomic mass is 16.5. The largest absolute Gasteiger partial charge is 0.454 e. The Labute approximate surface area is 156 Å². The van der Waals surface area contributed by atoms with Gasteiger partial charge in [0.15, 0.2) is 0 Å². The third kappa shape index (κ3) is 5.46. The number of benzene rings is 2. The zero-order valence-electron chi connectivity index (χ0n) is 15.7. The Hall–Kier alpha value is -2.60. The summed E-state index contributed by atoms with van der Waals surface area (Å²) in [5, 5.41) is 9.43. The summed E-state index contributed by atoms with van der Waals surface area (Å²) in [4.78, 5) is 12.5. The fraction of sp³-hybridized carbons (Fsp3) is 0.391. The molecule has 136 valence electrons. The molecule has 0 fully saturated rings. The van der Waals surface area contributed by atoms with Crippen molar-refractivity contribution in [3.8, 4) is 6.07 Å². The lowest BCUT2D eigenvalue weighted by molar-refractivity contribution is 0.0288. The number of carbonyl (C=O) groups is 1. The predicted molar refractivity (Wildman–Crippen MR) is 104 cm³/mol. The first kappa shape index (κ1) is 19.7. The van der Waals surface area contributed by atoms with Gasteiger partial charge >= 0.3 is 5.97 Å². The molecule has 0 aliphatic rings. The van der Waals surface area contributed by atoms with Crippen molar-refractivity contribution in [1.82, 2.24) is 0 Å². The molecular formula is C23H27NO2. The Bertz CT molecular complexity index is 747. The molecule has 0 N–H and O–H groups in total. The summed E-state index contributed by atoms with van der Waals surface area (Å²) in [5.74, 6) is -0.380. The standard InChI is InChI=1S/C23H27NO2/c1-3-5-6-8-11-18-14-15-20(16-21(18)17-24)23(25)26-22(4-2)19-12-9-7-10-13-19/h7,9-10,12-16,22H,3-6,8,11H2,1-2H3. The summed E-state index contributed by atoms with van der Waals surface area (Å²) in [6.45, 7) is 4.17. The maximum Gasteiger partial charge on any atom is 0.338 e. The summed E-state index contributed by atoms with van der Waals surface area (Å²) in [5.41, 5.74) is 3.00. The van der Waals surface area contributed by atoms with Gasteiger partial charge in [0.2, 0.25) is 0 Å². The minimum absolute atomic E-state index is 0.275. The lowest BCUT2D eigenvalue weighted by atomic mass is 9.99. The van der Waals surface area contributed by atoms with Crippen molar-refractivity contribution in [3.63, 3.8) is 0 Å². The first-order valence-electron chi connectivity index (χ1n) is 9.48. The van der Waals surface area contributed by atoms with Crippen LogP contribution in [0.25, 0.3) is 0 Å². The van der Waals surface area contributed by atoms with Crippen LogP contribution in [-0.4, -0.2) is 5.97 Å². The topological polar surface area (TPSA) is 50.1 Å². The molecule has 2 aromatic rings. The Kier molecular flexibility index (Phi) is 7.89. The maximum atomic E-state index is 12.5. The molecule has 26 heavy (non-hydrogen) atoms. The summed E-state index contributed by atoms with van der Waals surface area (Å²) in [6.07, 6.45) is 5.94. The second-order valence-corrected chi connectivity index (χ2v) is 6.51. The van der Waals surface area contributed by atoms with E-state index < -0.39 is 0 Å². The predicted octanol–water partition coefficient (Wildman–Crippen LogP) is 5.99. The van der Waals surface area contributed by atoms with Crippen LogP contribution in [0.4, 0.5) is 0 Å². The van der Waals surface area contributed by atoms with Crippen molar-refractivity contribution in [3.05, 3.63) is 70.8 Å². The van der Waals surface area contributed by atoms with Gasteiger partial charge in [0.1, 0.15) is 6.10 Å². The molecule has 2 rings (SSSR count). The molecule has 2 aromatic carbocycles. The third-order valence-corrected chi connectivity index (χ3v) is 4.56. The molecular weight excluding hydrogens is 322 g/mol. The normalized spacial score (nSPS) is 11.6. The summed E-state index contributed by atoms with van der Waals surface area (Å²) in [7, 11) is 0. The van der Waals surface area contributed by atoms with Crippen LogP contribution in [0.15, 0.2) is 48.5 Å². The molecule has 0 aromatic heterocycles. The molecule has 1 atom stereocenters. The van der Waals surface area contributed by atoms with Gasteiger partial charge in [-0.3, -0.25) is 0 Å². The summed E-state index contributed by atoms with van der Waals surface area (Å²) in [6, 6.07) is 17.3. The van der Waals surface area contributed by atoms with Gasteiger partial charge in [-0.25, -0.2) is 4.79 Å². The molecule has 0 saturated heterocycles. The molecule has 0 bridgehead atoms. The highest BCUT2D eigenvalue weighted by molar-refractivity contribution is 5.90. The number of aryl methyl sites for hydroxylation is 1. The number of nitriles is 1. The molecule has 0 saturated carbocycles. The van der Waals surface area contributed by atoms with Gasteiger partial charge in [-0.05, 0) is 42.5 Å². The van der Waals surface area contributed by atoms with Gasteiger partial charge in [-0.15, -0.1) is 0 Å². The van der Waals surface area contributed by atoms with E-state index in [1.807, 2.05) is 43.3 Å². The van der Waals surface area contributed by atoms with Crippen molar-refractivity contribution in [2.75, 3.05) is 0 Å². The zero-order chi connectivity index (χ0) is 18.8. The monoisotopic (exact) mass is 349 g/mol. The number of unbranched alkanes of at least 4 members (excludes halogenated alkanes) is 3. The van der Waals surface area contributed by atoms with Crippen molar-refractivity contribution in [1.29, 1.82) is 5.26 Å². The fourth-order valence-corrected chi connectivity index (χ4v) is 3.02. The quantitative estimate of drug-likeness (QED) is 0.413. The van der Waals surface area contributed by atoms with Crippen LogP contribution in [0.2, 0.25) is 0 Å². The summed E-state index contributed by atoms with van der Waals surface area (Å²) >= 11 is 0. The Morgan fingerprint density at radius 1 is 1.08 bits per heavy atom. The second kappa shape index (κ2) is 10.4. The third-order valence-electron chi connectivity index (χ3n) is 4.56. The summed E-state index contributed by atoms with van der Waals surface area (Å²) < 4.78 is 5.68. The zero-order valence-corrected chi connectivity index (χ0v) is 15.7. The van der Waals surface area contributed by atoms with E-state index in [2.05, 4.69) is 13.0 Å². The molecule has 0 spiro atoms. The van der Waals surface area contributed by atoms with E-state index in [0.717, 1.165) is 24.0 Å². The van der Waals surface area contributed by atoms with E-state index in [9.17, 15) is 10.1 Å². The number of nitrogens with zero attached hydrogens (tertiary/aromatic N) is 1. The van der Waals surface area contributed by atoms with Crippen LogP contribution >= 0.6 is 0 Å². The first-order valence-corrected chi connectivity index (χ1v) is 9.48. The SMILES string of the molecule is CCCCCCc1ccc(C(=O)OC(CC)c2ccccc2)cc1C#N. The number of ether oxygens (including phenoxy) is 1. The van der Waals surface area contributed by atoms with E-state index in [-0.39, 0.29) is 12.1 Å². The molecule has 3 nitrogen and oxygen atoms in total.